The van der Waals surface area contributed by atoms with Crippen LogP contribution in [0, 0.1) is 10.1 Å². The van der Waals surface area contributed by atoms with E-state index in [0.717, 1.165) is 12.1 Å². The molecule has 1 amide bonds. The number of phenolic OH excluding ortho intramolecular Hbond substituents is 1. The van der Waals surface area contributed by atoms with Crippen molar-refractivity contribution in [3.8, 4) is 5.75 Å². The molecule has 9 heteroatoms. The first kappa shape index (κ1) is 13.7. The van der Waals surface area contributed by atoms with Crippen LogP contribution in [0.15, 0.2) is 30.6 Å². The van der Waals surface area contributed by atoms with Gasteiger partial charge in [0.05, 0.1) is 29.1 Å². The normalized spacial score (nSPS) is 10.1. The molecule has 0 aliphatic carbocycles. The van der Waals surface area contributed by atoms with E-state index in [1.807, 2.05) is 0 Å². The molecule has 1 aromatic carbocycles. The van der Waals surface area contributed by atoms with Crippen molar-refractivity contribution in [3.63, 3.8) is 0 Å². The molecule has 2 rings (SSSR count). The van der Waals surface area contributed by atoms with Crippen molar-refractivity contribution in [2.24, 2.45) is 0 Å². The summed E-state index contributed by atoms with van der Waals surface area (Å²) in [6.07, 6.45) is 2.46. The lowest BCUT2D eigenvalue weighted by Crippen LogP contribution is -2.14. The van der Waals surface area contributed by atoms with Gasteiger partial charge < -0.3 is 10.4 Å². The Morgan fingerprint density at radius 2 is 2.15 bits per heavy atom. The van der Waals surface area contributed by atoms with Crippen LogP contribution in [-0.4, -0.2) is 25.9 Å². The number of nitrogens with one attached hydrogen (secondary N) is 1. The molecule has 20 heavy (non-hydrogen) atoms. The molecule has 102 valence electrons. The predicted molar refractivity (Wildman–Crippen MR) is 69.8 cm³/mol. The number of nitro benzene ring substituents is 1. The number of carbonyl (C=O) groups excluding carboxylic acids is 1. The summed E-state index contributed by atoms with van der Waals surface area (Å²) in [6.45, 7) is 0. The first-order valence-corrected chi connectivity index (χ1v) is 5.61. The van der Waals surface area contributed by atoms with Gasteiger partial charge in [0.1, 0.15) is 16.6 Å². The number of carbonyl (C=O) groups is 1. The zero-order valence-electron chi connectivity index (χ0n) is 9.78. The molecule has 0 aliphatic heterocycles. The molecule has 0 saturated carbocycles. The number of hydrogen-bond donors (Lipinski definition) is 2. The largest absolute Gasteiger partial charge is 0.506 e. The number of halogens is 1. The van der Waals surface area contributed by atoms with Crippen molar-refractivity contribution >= 4 is 28.9 Å². The van der Waals surface area contributed by atoms with E-state index < -0.39 is 16.6 Å². The summed E-state index contributed by atoms with van der Waals surface area (Å²) in [6, 6.07) is 3.29. The minimum Gasteiger partial charge on any atom is -0.506 e. The number of aromatic hydroxyl groups is 1. The monoisotopic (exact) mass is 294 g/mol. The maximum Gasteiger partial charge on any atom is 0.276 e. The number of anilines is 1. The second-order valence-electron chi connectivity index (χ2n) is 3.64. The fourth-order valence-corrected chi connectivity index (χ4v) is 1.52. The van der Waals surface area contributed by atoms with Gasteiger partial charge in [0, 0.05) is 6.07 Å². The minimum atomic E-state index is -0.659. The van der Waals surface area contributed by atoms with Gasteiger partial charge in [0.25, 0.3) is 11.6 Å². The smallest absolute Gasteiger partial charge is 0.276 e. The summed E-state index contributed by atoms with van der Waals surface area (Å²) in [5, 5.41) is 22.5. The third-order valence-corrected chi connectivity index (χ3v) is 2.46. The van der Waals surface area contributed by atoms with Crippen molar-refractivity contribution in [2.75, 3.05) is 5.32 Å². The molecule has 2 aromatic rings. The molecular formula is C11H7ClN4O4. The van der Waals surface area contributed by atoms with E-state index in [1.165, 1.54) is 18.5 Å². The number of non-ortho nitro benzene ring substituents is 1. The number of phenols is 1. The molecule has 0 bridgehead atoms. The molecule has 0 saturated heterocycles. The van der Waals surface area contributed by atoms with E-state index in [-0.39, 0.29) is 22.2 Å². The van der Waals surface area contributed by atoms with Crippen LogP contribution >= 0.6 is 11.6 Å². The van der Waals surface area contributed by atoms with Crippen LogP contribution < -0.4 is 5.32 Å². The number of aromatic nitrogens is 2. The van der Waals surface area contributed by atoms with Gasteiger partial charge in [-0.3, -0.25) is 19.9 Å². The molecule has 0 fully saturated rings. The van der Waals surface area contributed by atoms with Crippen molar-refractivity contribution in [1.82, 2.24) is 9.97 Å². The zero-order valence-corrected chi connectivity index (χ0v) is 10.5. The lowest BCUT2D eigenvalue weighted by Gasteiger charge is -2.06. The van der Waals surface area contributed by atoms with Crippen molar-refractivity contribution in [3.05, 3.63) is 51.6 Å². The molecule has 1 heterocycles. The standard InChI is InChI=1S/C11H7ClN4O4/c12-10-5-13-4-8(14-10)11(18)15-7-2-1-6(16(19)20)3-9(7)17/h1-5,17H,(H,15,18). The first-order chi connectivity index (χ1) is 9.47. The molecule has 8 nitrogen and oxygen atoms in total. The Bertz CT molecular complexity index is 692. The van der Waals surface area contributed by atoms with E-state index in [2.05, 4.69) is 15.3 Å². The lowest BCUT2D eigenvalue weighted by atomic mass is 10.2. The molecule has 0 aliphatic rings. The van der Waals surface area contributed by atoms with Gasteiger partial charge in [-0.25, -0.2) is 4.98 Å². The average Bonchev–Trinajstić information content (AvgIpc) is 2.40. The van der Waals surface area contributed by atoms with Gasteiger partial charge >= 0.3 is 0 Å². The number of nitrogens with zero attached hydrogens (tertiary/aromatic N) is 3. The van der Waals surface area contributed by atoms with Crippen molar-refractivity contribution < 1.29 is 14.8 Å². The van der Waals surface area contributed by atoms with Gasteiger partial charge in [0.15, 0.2) is 0 Å². The summed E-state index contributed by atoms with van der Waals surface area (Å²) >= 11 is 5.60. The Balaban J connectivity index is 2.22. The Labute approximate surface area is 117 Å². The highest BCUT2D eigenvalue weighted by Gasteiger charge is 2.14. The van der Waals surface area contributed by atoms with Crippen LogP contribution in [0.3, 0.4) is 0 Å². The average molecular weight is 295 g/mol. The summed E-state index contributed by atoms with van der Waals surface area (Å²) in [7, 11) is 0. The molecule has 0 radical (unpaired) electrons. The van der Waals surface area contributed by atoms with Crippen LogP contribution in [0.5, 0.6) is 5.75 Å². The molecule has 0 unspecified atom stereocenters. The van der Waals surface area contributed by atoms with Crippen molar-refractivity contribution in [2.45, 2.75) is 0 Å². The Morgan fingerprint density at radius 3 is 2.75 bits per heavy atom. The maximum atomic E-state index is 11.8. The van der Waals surface area contributed by atoms with Gasteiger partial charge in [-0.15, -0.1) is 0 Å². The highest BCUT2D eigenvalue weighted by molar-refractivity contribution is 6.29. The lowest BCUT2D eigenvalue weighted by molar-refractivity contribution is -0.384. The fourth-order valence-electron chi connectivity index (χ4n) is 1.38. The molecule has 0 atom stereocenters. The van der Waals surface area contributed by atoms with E-state index >= 15 is 0 Å². The van der Waals surface area contributed by atoms with Crippen LogP contribution in [0.4, 0.5) is 11.4 Å². The molecular weight excluding hydrogens is 288 g/mol. The second kappa shape index (κ2) is 5.49. The van der Waals surface area contributed by atoms with E-state index in [9.17, 15) is 20.0 Å². The third-order valence-electron chi connectivity index (χ3n) is 2.28. The highest BCUT2D eigenvalue weighted by Crippen LogP contribution is 2.28. The van der Waals surface area contributed by atoms with Gasteiger partial charge in [-0.1, -0.05) is 11.6 Å². The number of amides is 1. The first-order valence-electron chi connectivity index (χ1n) is 5.23. The van der Waals surface area contributed by atoms with Crippen molar-refractivity contribution in [1.29, 1.82) is 0 Å². The van der Waals surface area contributed by atoms with Gasteiger partial charge in [0.2, 0.25) is 0 Å². The topological polar surface area (TPSA) is 118 Å². The van der Waals surface area contributed by atoms with Crippen LogP contribution in [-0.2, 0) is 0 Å². The van der Waals surface area contributed by atoms with Gasteiger partial charge in [-0.2, -0.15) is 0 Å². The van der Waals surface area contributed by atoms with E-state index in [1.54, 1.807) is 0 Å². The zero-order chi connectivity index (χ0) is 14.7. The minimum absolute atomic E-state index is 0.0161. The maximum absolute atomic E-state index is 11.8. The fraction of sp³-hybridized carbons (Fsp3) is 0. The number of hydrogen-bond acceptors (Lipinski definition) is 6. The molecule has 1 aromatic heterocycles. The third kappa shape index (κ3) is 2.98. The molecule has 0 spiro atoms. The van der Waals surface area contributed by atoms with E-state index in [4.69, 9.17) is 11.6 Å². The van der Waals surface area contributed by atoms with Crippen LogP contribution in [0.1, 0.15) is 10.5 Å². The summed E-state index contributed by atoms with van der Waals surface area (Å²) in [4.78, 5) is 29.1. The quantitative estimate of drug-likeness (QED) is 0.507. The Hall–Kier alpha value is -2.74. The second-order valence-corrected chi connectivity index (χ2v) is 4.03. The Morgan fingerprint density at radius 1 is 1.40 bits per heavy atom. The summed E-state index contributed by atoms with van der Waals surface area (Å²) in [5.74, 6) is -1.08. The van der Waals surface area contributed by atoms with Crippen LogP contribution in [0.2, 0.25) is 5.15 Å². The number of nitro groups is 1. The number of benzene rings is 1. The summed E-state index contributed by atoms with van der Waals surface area (Å²) in [5.41, 5.74) is -0.319. The van der Waals surface area contributed by atoms with Crippen LogP contribution in [0.25, 0.3) is 0 Å². The Kier molecular flexibility index (Phi) is 3.76. The SMILES string of the molecule is O=C(Nc1ccc([N+](=O)[O-])cc1O)c1cncc(Cl)n1. The summed E-state index contributed by atoms with van der Waals surface area (Å²) < 4.78 is 0. The van der Waals surface area contributed by atoms with Gasteiger partial charge in [-0.05, 0) is 6.07 Å². The van der Waals surface area contributed by atoms with E-state index in [0.29, 0.717) is 0 Å². The highest BCUT2D eigenvalue weighted by atomic mass is 35.5. The molecule has 2 N–H and O–H groups in total. The predicted octanol–water partition coefficient (Wildman–Crippen LogP) is 2.00. The number of rotatable bonds is 3.